The van der Waals surface area contributed by atoms with Crippen LogP contribution in [-0.4, -0.2) is 20.8 Å². The number of ketones is 1. The summed E-state index contributed by atoms with van der Waals surface area (Å²) in [4.78, 5) is 14.1. The fourth-order valence-electron chi connectivity index (χ4n) is 1.97. The van der Waals surface area contributed by atoms with Gasteiger partial charge in [-0.25, -0.2) is 0 Å². The summed E-state index contributed by atoms with van der Waals surface area (Å²) in [5.74, 6) is -0.0645. The fourth-order valence-corrected chi connectivity index (χ4v) is 2.44. The number of para-hydroxylation sites is 1. The molecular formula is C15H10BrN3O. The maximum Gasteiger partial charge on any atom is 0.196 e. The average Bonchev–Trinajstić information content (AvgIpc) is 3.01. The van der Waals surface area contributed by atoms with Gasteiger partial charge in [-0.1, -0.05) is 40.2 Å². The van der Waals surface area contributed by atoms with Crippen molar-refractivity contribution in [3.63, 3.8) is 0 Å². The highest BCUT2D eigenvalue weighted by molar-refractivity contribution is 9.10. The molecule has 20 heavy (non-hydrogen) atoms. The van der Waals surface area contributed by atoms with Gasteiger partial charge >= 0.3 is 0 Å². The predicted octanol–water partition coefficient (Wildman–Crippen LogP) is 3.26. The van der Waals surface area contributed by atoms with Crippen LogP contribution in [0.25, 0.3) is 5.69 Å². The maximum atomic E-state index is 12.7. The Morgan fingerprint density at radius 1 is 0.900 bits per heavy atom. The molecule has 0 radical (unpaired) electrons. The van der Waals surface area contributed by atoms with E-state index in [0.29, 0.717) is 16.8 Å². The van der Waals surface area contributed by atoms with Crippen LogP contribution in [0.4, 0.5) is 0 Å². The van der Waals surface area contributed by atoms with Gasteiger partial charge in [-0.15, -0.1) is 0 Å². The second-order valence-electron chi connectivity index (χ2n) is 4.14. The summed E-state index contributed by atoms with van der Waals surface area (Å²) in [6.07, 6.45) is 3.17. The second-order valence-corrected chi connectivity index (χ2v) is 5.00. The number of rotatable bonds is 3. The lowest BCUT2D eigenvalue weighted by Crippen LogP contribution is -2.09. The molecule has 0 unspecified atom stereocenters. The minimum atomic E-state index is -0.0645. The summed E-state index contributed by atoms with van der Waals surface area (Å²) in [5, 5.41) is 8.17. The Labute approximate surface area is 124 Å². The second kappa shape index (κ2) is 5.38. The highest BCUT2D eigenvalue weighted by atomic mass is 79.9. The molecule has 0 atom stereocenters. The van der Waals surface area contributed by atoms with Gasteiger partial charge in [0, 0.05) is 10.0 Å². The maximum absolute atomic E-state index is 12.7. The highest BCUT2D eigenvalue weighted by Crippen LogP contribution is 2.22. The lowest BCUT2D eigenvalue weighted by atomic mass is 10.0. The molecule has 0 N–H and O–H groups in total. The minimum absolute atomic E-state index is 0.0645. The highest BCUT2D eigenvalue weighted by Gasteiger charge is 2.17. The number of aromatic nitrogens is 3. The van der Waals surface area contributed by atoms with Crippen molar-refractivity contribution in [3.8, 4) is 5.69 Å². The first-order valence-corrected chi connectivity index (χ1v) is 6.81. The van der Waals surface area contributed by atoms with E-state index in [0.717, 1.165) is 4.47 Å². The Hall–Kier alpha value is -2.27. The van der Waals surface area contributed by atoms with Gasteiger partial charge in [-0.3, -0.25) is 4.79 Å². The first-order chi connectivity index (χ1) is 9.77. The van der Waals surface area contributed by atoms with Crippen LogP contribution in [0, 0.1) is 0 Å². The first kappa shape index (κ1) is 12.7. The van der Waals surface area contributed by atoms with Crippen LogP contribution in [0.15, 0.2) is 65.4 Å². The van der Waals surface area contributed by atoms with Crippen LogP contribution in [-0.2, 0) is 0 Å². The van der Waals surface area contributed by atoms with E-state index in [1.807, 2.05) is 36.4 Å². The van der Waals surface area contributed by atoms with Gasteiger partial charge in [0.15, 0.2) is 5.78 Å². The number of halogens is 1. The van der Waals surface area contributed by atoms with Crippen molar-refractivity contribution in [2.75, 3.05) is 0 Å². The number of hydrogen-bond donors (Lipinski definition) is 0. The molecule has 4 nitrogen and oxygen atoms in total. The van der Waals surface area contributed by atoms with Crippen LogP contribution >= 0.6 is 15.9 Å². The number of carbonyl (C=O) groups is 1. The molecule has 1 heterocycles. The standard InChI is InChI=1S/C15H10BrN3O/c16-13-7-3-1-5-11(13)15(20)12-6-2-4-8-14(12)19-17-9-10-18-19/h1-10H. The summed E-state index contributed by atoms with van der Waals surface area (Å²) in [6.45, 7) is 0. The molecule has 0 spiro atoms. The average molecular weight is 328 g/mol. The van der Waals surface area contributed by atoms with Gasteiger partial charge in [0.25, 0.3) is 0 Å². The molecular weight excluding hydrogens is 318 g/mol. The molecule has 0 saturated carbocycles. The fraction of sp³-hybridized carbons (Fsp3) is 0. The summed E-state index contributed by atoms with van der Waals surface area (Å²) in [7, 11) is 0. The zero-order chi connectivity index (χ0) is 13.9. The zero-order valence-corrected chi connectivity index (χ0v) is 12.0. The Balaban J connectivity index is 2.12. The molecule has 0 aliphatic heterocycles. The van der Waals surface area contributed by atoms with E-state index in [2.05, 4.69) is 26.1 Å². The number of hydrogen-bond acceptors (Lipinski definition) is 3. The molecule has 1 aromatic heterocycles. The molecule has 0 saturated heterocycles. The Bertz CT molecular complexity index is 753. The molecule has 0 aliphatic rings. The molecule has 3 aromatic rings. The van der Waals surface area contributed by atoms with Crippen LogP contribution in [0.1, 0.15) is 15.9 Å². The van der Waals surface area contributed by atoms with E-state index in [1.54, 1.807) is 24.5 Å². The third-order valence-corrected chi connectivity index (χ3v) is 3.59. The molecule has 0 bridgehead atoms. The number of nitrogens with zero attached hydrogens (tertiary/aromatic N) is 3. The SMILES string of the molecule is O=C(c1ccccc1Br)c1ccccc1-n1nccn1. The first-order valence-electron chi connectivity index (χ1n) is 6.02. The van der Waals surface area contributed by atoms with Crippen molar-refractivity contribution in [3.05, 3.63) is 76.5 Å². The van der Waals surface area contributed by atoms with E-state index in [-0.39, 0.29) is 5.78 Å². The van der Waals surface area contributed by atoms with Crippen LogP contribution in [0.5, 0.6) is 0 Å². The van der Waals surface area contributed by atoms with Crippen LogP contribution < -0.4 is 0 Å². The quantitative estimate of drug-likeness (QED) is 0.694. The molecule has 98 valence electrons. The largest absolute Gasteiger partial charge is 0.288 e. The van der Waals surface area contributed by atoms with Crippen LogP contribution in [0.2, 0.25) is 0 Å². The molecule has 5 heteroatoms. The summed E-state index contributed by atoms with van der Waals surface area (Å²) < 4.78 is 0.772. The van der Waals surface area contributed by atoms with Gasteiger partial charge in [-0.05, 0) is 24.3 Å². The minimum Gasteiger partial charge on any atom is -0.288 e. The van der Waals surface area contributed by atoms with E-state index in [1.165, 1.54) is 4.80 Å². The van der Waals surface area contributed by atoms with Crippen molar-refractivity contribution in [1.29, 1.82) is 0 Å². The number of benzene rings is 2. The summed E-state index contributed by atoms with van der Waals surface area (Å²) >= 11 is 3.41. The Kier molecular flexibility index (Phi) is 3.43. The van der Waals surface area contributed by atoms with Gasteiger partial charge in [0.2, 0.25) is 0 Å². The van der Waals surface area contributed by atoms with E-state index in [9.17, 15) is 4.79 Å². The third-order valence-electron chi connectivity index (χ3n) is 2.90. The van der Waals surface area contributed by atoms with Crippen molar-refractivity contribution < 1.29 is 4.79 Å². The Morgan fingerprint density at radius 3 is 2.20 bits per heavy atom. The molecule has 0 fully saturated rings. The van der Waals surface area contributed by atoms with Crippen molar-refractivity contribution in [2.24, 2.45) is 0 Å². The van der Waals surface area contributed by atoms with Gasteiger partial charge in [0.05, 0.1) is 23.6 Å². The summed E-state index contributed by atoms with van der Waals surface area (Å²) in [6, 6.07) is 14.6. The van der Waals surface area contributed by atoms with E-state index < -0.39 is 0 Å². The number of carbonyl (C=O) groups excluding carboxylic acids is 1. The van der Waals surface area contributed by atoms with Crippen molar-refractivity contribution in [2.45, 2.75) is 0 Å². The molecule has 0 aliphatic carbocycles. The van der Waals surface area contributed by atoms with Crippen molar-refractivity contribution in [1.82, 2.24) is 15.0 Å². The lowest BCUT2D eigenvalue weighted by Gasteiger charge is -2.08. The van der Waals surface area contributed by atoms with Gasteiger partial charge in [0.1, 0.15) is 0 Å². The van der Waals surface area contributed by atoms with E-state index >= 15 is 0 Å². The molecule has 3 rings (SSSR count). The topological polar surface area (TPSA) is 47.8 Å². The smallest absolute Gasteiger partial charge is 0.196 e. The lowest BCUT2D eigenvalue weighted by molar-refractivity contribution is 0.103. The van der Waals surface area contributed by atoms with E-state index in [4.69, 9.17) is 0 Å². The van der Waals surface area contributed by atoms with Gasteiger partial charge < -0.3 is 0 Å². The van der Waals surface area contributed by atoms with Crippen molar-refractivity contribution >= 4 is 21.7 Å². The normalized spacial score (nSPS) is 10.4. The zero-order valence-electron chi connectivity index (χ0n) is 10.4. The third kappa shape index (κ3) is 2.28. The van der Waals surface area contributed by atoms with Crippen LogP contribution in [0.3, 0.4) is 0 Å². The van der Waals surface area contributed by atoms with Gasteiger partial charge in [-0.2, -0.15) is 15.0 Å². The monoisotopic (exact) mass is 327 g/mol. The molecule has 0 amide bonds. The predicted molar refractivity (Wildman–Crippen MR) is 78.9 cm³/mol. The molecule has 2 aromatic carbocycles. The summed E-state index contributed by atoms with van der Waals surface area (Å²) in [5.41, 5.74) is 1.85. The Morgan fingerprint density at radius 2 is 1.50 bits per heavy atom.